The molecule has 0 radical (unpaired) electrons. The van der Waals surface area contributed by atoms with Crippen molar-refractivity contribution >= 4 is 38.9 Å². The second kappa shape index (κ2) is 16.1. The molecule has 10 aromatic carbocycles. The Kier molecular flexibility index (Phi) is 9.57. The highest BCUT2D eigenvalue weighted by molar-refractivity contribution is 6.09. The number of aromatic nitrogens is 1. The molecule has 0 amide bonds. The summed E-state index contributed by atoms with van der Waals surface area (Å²) in [6, 6.07) is 91.9. The minimum absolute atomic E-state index is 1.09. The summed E-state index contributed by atoms with van der Waals surface area (Å²) in [4.78, 5) is 2.36. The average Bonchev–Trinajstić information content (AvgIpc) is 3.69. The SMILES string of the molecule is c1ccc(-c2cccc(-c3ccc(N(c4ccc(-c5ccc(-c6ccccc6-n6c7ccccc7c7ccccc76)cc5)cc4)c4cccc(-c5ccccc5)c4)cc3)c2)cc1. The molecule has 0 aliphatic carbocycles. The van der Waals surface area contributed by atoms with Gasteiger partial charge in [-0.2, -0.15) is 0 Å². The Morgan fingerprint density at radius 3 is 1.19 bits per heavy atom. The number of hydrogen-bond acceptors (Lipinski definition) is 1. The third kappa shape index (κ3) is 6.94. The van der Waals surface area contributed by atoms with Gasteiger partial charge in [0.15, 0.2) is 0 Å². The van der Waals surface area contributed by atoms with Crippen molar-refractivity contribution in [2.75, 3.05) is 4.90 Å². The van der Waals surface area contributed by atoms with Crippen LogP contribution in [0.2, 0.25) is 0 Å². The number of fused-ring (bicyclic) bond motifs is 3. The minimum atomic E-state index is 1.09. The van der Waals surface area contributed by atoms with E-state index in [9.17, 15) is 0 Å². The second-order valence-electron chi connectivity index (χ2n) is 15.8. The van der Waals surface area contributed by atoms with Crippen LogP contribution < -0.4 is 4.90 Å². The van der Waals surface area contributed by atoms with E-state index < -0.39 is 0 Å². The first-order chi connectivity index (χ1) is 30.7. The van der Waals surface area contributed by atoms with Crippen molar-refractivity contribution in [3.63, 3.8) is 0 Å². The van der Waals surface area contributed by atoms with Gasteiger partial charge in [0.2, 0.25) is 0 Å². The first kappa shape index (κ1) is 36.8. The number of hydrogen-bond donors (Lipinski definition) is 0. The lowest BCUT2D eigenvalue weighted by molar-refractivity contribution is 1.18. The van der Waals surface area contributed by atoms with Gasteiger partial charge in [-0.25, -0.2) is 0 Å². The summed E-state index contributed by atoms with van der Waals surface area (Å²) in [6.45, 7) is 0. The van der Waals surface area contributed by atoms with Crippen molar-refractivity contribution in [1.82, 2.24) is 4.57 Å². The quantitative estimate of drug-likeness (QED) is 0.141. The molecule has 11 aromatic rings. The Morgan fingerprint density at radius 2 is 0.629 bits per heavy atom. The van der Waals surface area contributed by atoms with E-state index in [1.54, 1.807) is 0 Å². The van der Waals surface area contributed by atoms with Crippen LogP contribution in [-0.4, -0.2) is 4.57 Å². The first-order valence-corrected chi connectivity index (χ1v) is 21.3. The second-order valence-corrected chi connectivity index (χ2v) is 15.8. The Hall–Kier alpha value is -8.20. The van der Waals surface area contributed by atoms with Gasteiger partial charge in [0, 0.05) is 33.4 Å². The zero-order valence-corrected chi connectivity index (χ0v) is 34.1. The van der Waals surface area contributed by atoms with E-state index >= 15 is 0 Å². The van der Waals surface area contributed by atoms with Crippen molar-refractivity contribution in [3.05, 3.63) is 255 Å². The number of anilines is 3. The van der Waals surface area contributed by atoms with Gasteiger partial charge < -0.3 is 9.47 Å². The van der Waals surface area contributed by atoms with Gasteiger partial charge >= 0.3 is 0 Å². The summed E-state index contributed by atoms with van der Waals surface area (Å²) in [5.41, 5.74) is 18.8. The van der Waals surface area contributed by atoms with E-state index in [4.69, 9.17) is 0 Å². The molecule has 1 aromatic heterocycles. The van der Waals surface area contributed by atoms with E-state index in [0.717, 1.165) is 17.1 Å². The molecule has 2 heteroatoms. The Bertz CT molecular complexity index is 3260. The fourth-order valence-corrected chi connectivity index (χ4v) is 8.95. The van der Waals surface area contributed by atoms with E-state index in [-0.39, 0.29) is 0 Å². The zero-order valence-electron chi connectivity index (χ0n) is 34.1. The lowest BCUT2D eigenvalue weighted by Crippen LogP contribution is -2.10. The molecule has 0 aliphatic heterocycles. The first-order valence-electron chi connectivity index (χ1n) is 21.3. The molecule has 1 heterocycles. The maximum atomic E-state index is 2.41. The Morgan fingerprint density at radius 1 is 0.242 bits per heavy atom. The number of nitrogens with zero attached hydrogens (tertiary/aromatic N) is 2. The molecular weight excluding hydrogens is 749 g/mol. The van der Waals surface area contributed by atoms with Crippen LogP contribution in [-0.2, 0) is 0 Å². The maximum absolute atomic E-state index is 2.41. The standard InChI is InChI=1S/C60H42N2/c1-3-15-43(16-4-1)49-19-13-20-50(41-49)47-35-39-53(40-36-47)61(54-22-14-21-51(42-54)44-17-5-2-6-18-44)52-37-33-46(34-38-52)45-29-31-48(32-30-45)55-23-7-10-26-58(55)62-59-27-11-8-24-56(59)57-25-9-12-28-60(57)62/h1-42H. The van der Waals surface area contributed by atoms with Crippen LogP contribution in [0, 0.1) is 0 Å². The molecule has 292 valence electrons. The van der Waals surface area contributed by atoms with Crippen molar-refractivity contribution in [2.24, 2.45) is 0 Å². The van der Waals surface area contributed by atoms with Crippen LogP contribution in [0.1, 0.15) is 0 Å². The molecule has 0 N–H and O–H groups in total. The summed E-state index contributed by atoms with van der Waals surface area (Å²) in [7, 11) is 0. The molecule has 0 fully saturated rings. The van der Waals surface area contributed by atoms with E-state index in [1.807, 2.05) is 0 Å². The number of benzene rings is 10. The van der Waals surface area contributed by atoms with Gasteiger partial charge in [-0.3, -0.25) is 0 Å². The van der Waals surface area contributed by atoms with Crippen molar-refractivity contribution in [3.8, 4) is 61.3 Å². The van der Waals surface area contributed by atoms with E-state index in [2.05, 4.69) is 264 Å². The van der Waals surface area contributed by atoms with Gasteiger partial charge in [-0.15, -0.1) is 0 Å². The van der Waals surface area contributed by atoms with Crippen molar-refractivity contribution < 1.29 is 0 Å². The van der Waals surface area contributed by atoms with Crippen LogP contribution in [0.4, 0.5) is 17.1 Å². The highest BCUT2D eigenvalue weighted by Gasteiger charge is 2.17. The summed E-state index contributed by atoms with van der Waals surface area (Å²) >= 11 is 0. The molecule has 0 saturated carbocycles. The third-order valence-electron chi connectivity index (χ3n) is 12.0. The van der Waals surface area contributed by atoms with Gasteiger partial charge in [-0.1, -0.05) is 194 Å². The molecule has 0 spiro atoms. The van der Waals surface area contributed by atoms with Crippen molar-refractivity contribution in [1.29, 1.82) is 0 Å². The van der Waals surface area contributed by atoms with Crippen LogP contribution >= 0.6 is 0 Å². The zero-order chi connectivity index (χ0) is 41.2. The summed E-state index contributed by atoms with van der Waals surface area (Å²) < 4.78 is 2.41. The fraction of sp³-hybridized carbons (Fsp3) is 0. The van der Waals surface area contributed by atoms with Gasteiger partial charge in [0.1, 0.15) is 0 Å². The summed E-state index contributed by atoms with van der Waals surface area (Å²) in [5.74, 6) is 0. The Balaban J connectivity index is 0.927. The summed E-state index contributed by atoms with van der Waals surface area (Å²) in [6.07, 6.45) is 0. The molecule has 11 rings (SSSR count). The lowest BCUT2D eigenvalue weighted by atomic mass is 9.98. The van der Waals surface area contributed by atoms with Gasteiger partial charge in [0.05, 0.1) is 16.7 Å². The number of para-hydroxylation sites is 3. The van der Waals surface area contributed by atoms with Gasteiger partial charge in [-0.05, 0) is 111 Å². The van der Waals surface area contributed by atoms with E-state index in [0.29, 0.717) is 0 Å². The molecular formula is C60H42N2. The molecule has 0 unspecified atom stereocenters. The monoisotopic (exact) mass is 790 g/mol. The van der Waals surface area contributed by atoms with Crippen molar-refractivity contribution in [2.45, 2.75) is 0 Å². The highest BCUT2D eigenvalue weighted by atomic mass is 15.1. The smallest absolute Gasteiger partial charge is 0.0541 e. The van der Waals surface area contributed by atoms with Crippen LogP contribution in [0.5, 0.6) is 0 Å². The fourth-order valence-electron chi connectivity index (χ4n) is 8.95. The molecule has 2 nitrogen and oxygen atoms in total. The molecule has 0 aliphatic rings. The average molecular weight is 791 g/mol. The van der Waals surface area contributed by atoms with Crippen LogP contribution in [0.15, 0.2) is 255 Å². The van der Waals surface area contributed by atoms with Gasteiger partial charge in [0.25, 0.3) is 0 Å². The Labute approximate surface area is 362 Å². The molecule has 62 heavy (non-hydrogen) atoms. The molecule has 0 saturated heterocycles. The van der Waals surface area contributed by atoms with Crippen LogP contribution in [0.3, 0.4) is 0 Å². The predicted octanol–water partition coefficient (Wildman–Crippen LogP) is 16.6. The highest BCUT2D eigenvalue weighted by Crippen LogP contribution is 2.40. The number of rotatable bonds is 9. The van der Waals surface area contributed by atoms with Crippen LogP contribution in [0.25, 0.3) is 83.1 Å². The maximum Gasteiger partial charge on any atom is 0.0541 e. The molecule has 0 atom stereocenters. The normalized spacial score (nSPS) is 11.2. The van der Waals surface area contributed by atoms with E-state index in [1.165, 1.54) is 83.1 Å². The topological polar surface area (TPSA) is 8.17 Å². The summed E-state index contributed by atoms with van der Waals surface area (Å²) in [5, 5.41) is 2.53. The third-order valence-corrected chi connectivity index (χ3v) is 12.0. The largest absolute Gasteiger partial charge is 0.310 e. The molecule has 0 bridgehead atoms. The lowest BCUT2D eigenvalue weighted by Gasteiger charge is -2.26. The predicted molar refractivity (Wildman–Crippen MR) is 263 cm³/mol. The minimum Gasteiger partial charge on any atom is -0.310 e.